The summed E-state index contributed by atoms with van der Waals surface area (Å²) in [6.45, 7) is 5.09. The highest BCUT2D eigenvalue weighted by Gasteiger charge is 2.67. The molecule has 1 N–H and O–H groups in total. The molecule has 0 radical (unpaired) electrons. The molecule has 0 aromatic heterocycles. The number of carbonyl (C=O) groups excluding carboxylic acids is 2. The number of rotatable bonds is 4. The minimum absolute atomic E-state index is 0.0737. The Labute approximate surface area is 229 Å². The molecule has 4 aliphatic carbocycles. The van der Waals surface area contributed by atoms with Crippen LogP contribution in [0.15, 0.2) is 40.9 Å². The predicted octanol–water partition coefficient (Wildman–Crippen LogP) is 6.20. The van der Waals surface area contributed by atoms with Gasteiger partial charge >= 0.3 is 11.9 Å². The van der Waals surface area contributed by atoms with E-state index in [1.807, 2.05) is 0 Å². The molecule has 6 rings (SSSR count). The normalized spacial score (nSPS) is 41.6. The standard InChI is InChI=1S/C31H37NO5S/c1-29-12-9-23(37-28(34)19-3-6-22(7-4-19)32-18-38)16-21(29)5-8-26-25(29)10-13-30(2)24(11-14-31(26,30)35)20-15-27(33)36-17-20/h3-4,6-7,15,21,23-26,35H,5,8-14,16-17H2,1-2H3/t21-,23+,24-,25+,26-,29+,30-,31+/m1/s1. The van der Waals surface area contributed by atoms with Gasteiger partial charge in [0.1, 0.15) is 12.7 Å². The van der Waals surface area contributed by atoms with Crippen molar-refractivity contribution < 1.29 is 24.2 Å². The van der Waals surface area contributed by atoms with Crippen molar-refractivity contribution in [1.82, 2.24) is 0 Å². The number of ether oxygens (including phenoxy) is 2. The lowest BCUT2D eigenvalue weighted by molar-refractivity contribution is -0.208. The van der Waals surface area contributed by atoms with E-state index in [1.165, 1.54) is 0 Å². The van der Waals surface area contributed by atoms with Crippen molar-refractivity contribution in [1.29, 1.82) is 0 Å². The summed E-state index contributed by atoms with van der Waals surface area (Å²) >= 11 is 4.64. The summed E-state index contributed by atoms with van der Waals surface area (Å²) in [6.07, 6.45) is 10.3. The highest BCUT2D eigenvalue weighted by Crippen LogP contribution is 2.70. The van der Waals surface area contributed by atoms with Crippen molar-refractivity contribution >= 4 is 35.0 Å². The molecule has 0 unspecified atom stereocenters. The van der Waals surface area contributed by atoms with Crippen molar-refractivity contribution in [2.75, 3.05) is 6.61 Å². The van der Waals surface area contributed by atoms with Crippen LogP contribution in [0.4, 0.5) is 5.69 Å². The van der Waals surface area contributed by atoms with E-state index in [-0.39, 0.29) is 40.7 Å². The van der Waals surface area contributed by atoms with Crippen LogP contribution in [0.3, 0.4) is 0 Å². The third-order valence-corrected chi connectivity index (χ3v) is 11.6. The molecule has 0 bridgehead atoms. The first-order valence-electron chi connectivity index (χ1n) is 14.2. The SMILES string of the molecule is C[C@]12CC[C@H](OC(=O)c3ccc(N=C=S)cc3)C[C@H]1CC[C@@H]1[C@@H]2CC[C@]2(C)[C@@H](C3=CC(=O)OC3)CC[C@]12O. The van der Waals surface area contributed by atoms with Crippen LogP contribution in [0.25, 0.3) is 0 Å². The topological polar surface area (TPSA) is 85.2 Å². The van der Waals surface area contributed by atoms with E-state index in [0.29, 0.717) is 29.7 Å². The van der Waals surface area contributed by atoms with Crippen LogP contribution in [-0.2, 0) is 14.3 Å². The van der Waals surface area contributed by atoms with Crippen molar-refractivity contribution in [3.8, 4) is 0 Å². The summed E-state index contributed by atoms with van der Waals surface area (Å²) in [5.41, 5.74) is 1.50. The average molecular weight is 536 g/mol. The fourth-order valence-corrected chi connectivity index (χ4v) is 9.53. The second-order valence-corrected chi connectivity index (χ2v) is 13.0. The van der Waals surface area contributed by atoms with Crippen LogP contribution in [-0.4, -0.2) is 40.5 Å². The molecule has 1 heterocycles. The Morgan fingerprint density at radius 3 is 2.58 bits per heavy atom. The van der Waals surface area contributed by atoms with Crippen LogP contribution in [0.1, 0.15) is 82.0 Å². The number of thiocarbonyl (C=S) groups is 1. The lowest BCUT2D eigenvalue weighted by Crippen LogP contribution is -2.62. The highest BCUT2D eigenvalue weighted by molar-refractivity contribution is 7.78. The lowest BCUT2D eigenvalue weighted by Gasteiger charge is -2.63. The number of aliphatic hydroxyl groups is 1. The van der Waals surface area contributed by atoms with E-state index in [4.69, 9.17) is 9.47 Å². The van der Waals surface area contributed by atoms with Gasteiger partial charge in [-0.15, -0.1) is 0 Å². The monoisotopic (exact) mass is 535 g/mol. The molecule has 1 aliphatic heterocycles. The maximum atomic E-state index is 12.9. The molecule has 4 saturated carbocycles. The molecule has 0 saturated heterocycles. The van der Waals surface area contributed by atoms with Gasteiger partial charge in [-0.2, -0.15) is 4.99 Å². The van der Waals surface area contributed by atoms with Crippen LogP contribution >= 0.6 is 12.2 Å². The molecule has 1 aromatic rings. The van der Waals surface area contributed by atoms with Crippen molar-refractivity contribution in [2.24, 2.45) is 39.5 Å². The summed E-state index contributed by atoms with van der Waals surface area (Å²) in [7, 11) is 0. The smallest absolute Gasteiger partial charge is 0.338 e. The minimum Gasteiger partial charge on any atom is -0.459 e. The number of cyclic esters (lactones) is 1. The first-order valence-corrected chi connectivity index (χ1v) is 14.6. The van der Waals surface area contributed by atoms with E-state index < -0.39 is 5.60 Å². The van der Waals surface area contributed by atoms with Gasteiger partial charge in [0.25, 0.3) is 0 Å². The molecule has 6 nitrogen and oxygen atoms in total. The maximum absolute atomic E-state index is 12.9. The third-order valence-electron chi connectivity index (χ3n) is 11.5. The number of hydrogen-bond acceptors (Lipinski definition) is 7. The Bertz CT molecular complexity index is 1220. The number of esters is 2. The quantitative estimate of drug-likeness (QED) is 0.281. The van der Waals surface area contributed by atoms with Crippen molar-refractivity contribution in [3.63, 3.8) is 0 Å². The zero-order chi connectivity index (χ0) is 26.7. The number of aliphatic imine (C=N–C) groups is 1. The largest absolute Gasteiger partial charge is 0.459 e. The van der Waals surface area contributed by atoms with Gasteiger partial charge in [0.05, 0.1) is 22.0 Å². The first-order chi connectivity index (χ1) is 18.2. The van der Waals surface area contributed by atoms with Gasteiger partial charge in [0.15, 0.2) is 0 Å². The van der Waals surface area contributed by atoms with Crippen LogP contribution in [0.2, 0.25) is 0 Å². The third kappa shape index (κ3) is 3.92. The Morgan fingerprint density at radius 1 is 1.08 bits per heavy atom. The fraction of sp³-hybridized carbons (Fsp3) is 0.645. The lowest BCUT2D eigenvalue weighted by atomic mass is 9.43. The van der Waals surface area contributed by atoms with E-state index in [2.05, 4.69) is 36.2 Å². The van der Waals surface area contributed by atoms with Crippen LogP contribution < -0.4 is 0 Å². The predicted molar refractivity (Wildman–Crippen MR) is 146 cm³/mol. The van der Waals surface area contributed by atoms with E-state index in [9.17, 15) is 14.7 Å². The zero-order valence-electron chi connectivity index (χ0n) is 22.3. The van der Waals surface area contributed by atoms with Crippen LogP contribution in [0, 0.1) is 34.5 Å². The van der Waals surface area contributed by atoms with Gasteiger partial charge in [-0.3, -0.25) is 0 Å². The second-order valence-electron chi connectivity index (χ2n) is 12.8. The molecule has 0 spiro atoms. The number of carbonyl (C=O) groups is 2. The summed E-state index contributed by atoms with van der Waals surface area (Å²) in [5.74, 6) is 0.932. The van der Waals surface area contributed by atoms with Gasteiger partial charge in [-0.1, -0.05) is 13.8 Å². The number of isothiocyanates is 1. The first kappa shape index (κ1) is 25.9. The molecule has 4 fully saturated rings. The second kappa shape index (κ2) is 9.39. The van der Waals surface area contributed by atoms with Gasteiger partial charge in [0.2, 0.25) is 0 Å². The molecule has 5 aliphatic rings. The Kier molecular flexibility index (Phi) is 6.40. The van der Waals surface area contributed by atoms with E-state index in [1.54, 1.807) is 30.3 Å². The molecule has 1 aromatic carbocycles. The molecule has 0 amide bonds. The average Bonchev–Trinajstić information content (AvgIpc) is 3.44. The Balaban J connectivity index is 1.15. The van der Waals surface area contributed by atoms with Gasteiger partial charge < -0.3 is 14.6 Å². The molecule has 202 valence electrons. The number of nitrogens with zero attached hydrogens (tertiary/aromatic N) is 1. The number of fused-ring (bicyclic) bond motifs is 5. The Hall–Kier alpha value is -2.34. The summed E-state index contributed by atoms with van der Waals surface area (Å²) in [4.78, 5) is 28.6. The zero-order valence-corrected chi connectivity index (χ0v) is 23.1. The minimum atomic E-state index is -0.705. The molecule has 38 heavy (non-hydrogen) atoms. The number of benzene rings is 1. The fourth-order valence-electron chi connectivity index (χ4n) is 9.42. The summed E-state index contributed by atoms with van der Waals surface area (Å²) in [6, 6.07) is 6.95. The summed E-state index contributed by atoms with van der Waals surface area (Å²) in [5, 5.41) is 14.7. The molecular weight excluding hydrogens is 498 g/mol. The summed E-state index contributed by atoms with van der Waals surface area (Å²) < 4.78 is 11.2. The Morgan fingerprint density at radius 2 is 1.87 bits per heavy atom. The van der Waals surface area contributed by atoms with Crippen molar-refractivity contribution in [3.05, 3.63) is 41.5 Å². The maximum Gasteiger partial charge on any atom is 0.338 e. The van der Waals surface area contributed by atoms with Gasteiger partial charge in [-0.25, -0.2) is 9.59 Å². The number of hydrogen-bond donors (Lipinski definition) is 1. The van der Waals surface area contributed by atoms with E-state index in [0.717, 1.165) is 63.4 Å². The van der Waals surface area contributed by atoms with Crippen molar-refractivity contribution in [2.45, 2.75) is 83.3 Å². The van der Waals surface area contributed by atoms with Gasteiger partial charge in [-0.05, 0) is 129 Å². The highest BCUT2D eigenvalue weighted by atomic mass is 32.1. The van der Waals surface area contributed by atoms with Gasteiger partial charge in [0, 0.05) is 11.5 Å². The molecule has 7 heteroatoms. The van der Waals surface area contributed by atoms with Crippen LogP contribution in [0.5, 0.6) is 0 Å². The molecular formula is C31H37NO5S. The van der Waals surface area contributed by atoms with E-state index >= 15 is 0 Å². The molecule has 8 atom stereocenters.